The first-order chi connectivity index (χ1) is 12.5. The van der Waals surface area contributed by atoms with Crippen molar-refractivity contribution in [3.8, 4) is 17.2 Å². The molecule has 0 saturated carbocycles. The molecule has 0 saturated heterocycles. The maximum Gasteiger partial charge on any atom is 0.162 e. The highest BCUT2D eigenvalue weighted by molar-refractivity contribution is 6.34. The molecule has 134 valence electrons. The van der Waals surface area contributed by atoms with E-state index >= 15 is 0 Å². The summed E-state index contributed by atoms with van der Waals surface area (Å²) >= 11 is 12.5. The predicted molar refractivity (Wildman–Crippen MR) is 105 cm³/mol. The third-order valence-corrected chi connectivity index (χ3v) is 4.36. The minimum absolute atomic E-state index is 0.336. The van der Waals surface area contributed by atoms with Gasteiger partial charge in [0, 0.05) is 11.5 Å². The molecule has 3 aromatic rings. The van der Waals surface area contributed by atoms with Crippen LogP contribution in [0.25, 0.3) is 23.1 Å². The molecular formula is C19H16Cl2N2O3. The summed E-state index contributed by atoms with van der Waals surface area (Å²) in [6.45, 7) is 0. The van der Waals surface area contributed by atoms with Gasteiger partial charge in [-0.25, -0.2) is 9.97 Å². The van der Waals surface area contributed by atoms with E-state index in [-0.39, 0.29) is 0 Å². The second-order valence-corrected chi connectivity index (χ2v) is 6.09. The number of fused-ring (bicyclic) bond motifs is 1. The molecule has 0 aliphatic carbocycles. The van der Waals surface area contributed by atoms with Gasteiger partial charge in [0.1, 0.15) is 10.9 Å². The van der Waals surface area contributed by atoms with E-state index in [0.717, 1.165) is 5.56 Å². The normalized spacial score (nSPS) is 11.1. The minimum Gasteiger partial charge on any atom is -0.495 e. The zero-order valence-electron chi connectivity index (χ0n) is 14.4. The first kappa shape index (κ1) is 18.3. The molecule has 3 rings (SSSR count). The molecular weight excluding hydrogens is 375 g/mol. The summed E-state index contributed by atoms with van der Waals surface area (Å²) < 4.78 is 15.8. The van der Waals surface area contributed by atoms with Crippen molar-refractivity contribution >= 4 is 46.3 Å². The summed E-state index contributed by atoms with van der Waals surface area (Å²) in [7, 11) is 4.71. The number of aromatic nitrogens is 2. The molecule has 0 unspecified atom stereocenters. The lowest BCUT2D eigenvalue weighted by Gasteiger charge is -2.09. The number of benzene rings is 2. The van der Waals surface area contributed by atoms with Crippen molar-refractivity contribution < 1.29 is 14.2 Å². The average Bonchev–Trinajstić information content (AvgIpc) is 2.65. The molecule has 0 bridgehead atoms. The second-order valence-electron chi connectivity index (χ2n) is 5.32. The number of methoxy groups -OCH3 is 3. The summed E-state index contributed by atoms with van der Waals surface area (Å²) in [6, 6.07) is 9.01. The van der Waals surface area contributed by atoms with Crippen molar-refractivity contribution in [2.45, 2.75) is 0 Å². The SMILES string of the molecule is COc1ccc(/C=C/c2nc(Cl)c3cc(OC)c(OC)cc3n2)cc1Cl. The Balaban J connectivity index is 1.99. The first-order valence-electron chi connectivity index (χ1n) is 7.66. The molecule has 1 heterocycles. The van der Waals surface area contributed by atoms with Crippen molar-refractivity contribution in [1.82, 2.24) is 9.97 Å². The average molecular weight is 391 g/mol. The van der Waals surface area contributed by atoms with Gasteiger partial charge in [-0.1, -0.05) is 35.3 Å². The molecule has 0 aliphatic heterocycles. The molecule has 0 amide bonds. The Hall–Kier alpha value is -2.50. The highest BCUT2D eigenvalue weighted by Crippen LogP contribution is 2.34. The summed E-state index contributed by atoms with van der Waals surface area (Å²) in [5.41, 5.74) is 1.55. The van der Waals surface area contributed by atoms with Crippen LogP contribution in [0.1, 0.15) is 11.4 Å². The Morgan fingerprint density at radius 2 is 1.50 bits per heavy atom. The van der Waals surface area contributed by atoms with Gasteiger partial charge >= 0.3 is 0 Å². The van der Waals surface area contributed by atoms with Crippen molar-refractivity contribution in [1.29, 1.82) is 0 Å². The van der Waals surface area contributed by atoms with Crippen molar-refractivity contribution in [3.05, 3.63) is 51.9 Å². The Morgan fingerprint density at radius 3 is 2.15 bits per heavy atom. The van der Waals surface area contributed by atoms with E-state index in [9.17, 15) is 0 Å². The van der Waals surface area contributed by atoms with Gasteiger partial charge in [-0.15, -0.1) is 0 Å². The number of nitrogens with zero attached hydrogens (tertiary/aromatic N) is 2. The van der Waals surface area contributed by atoms with Gasteiger partial charge in [0.05, 0.1) is 31.9 Å². The third-order valence-electron chi connectivity index (χ3n) is 3.77. The number of rotatable bonds is 5. The van der Waals surface area contributed by atoms with Crippen LogP contribution in [0.2, 0.25) is 10.2 Å². The van der Waals surface area contributed by atoms with Crippen LogP contribution in [0.3, 0.4) is 0 Å². The van der Waals surface area contributed by atoms with Crippen LogP contribution >= 0.6 is 23.2 Å². The lowest BCUT2D eigenvalue weighted by molar-refractivity contribution is 0.356. The van der Waals surface area contributed by atoms with Crippen LogP contribution in [0.4, 0.5) is 0 Å². The van der Waals surface area contributed by atoms with Crippen molar-refractivity contribution in [2.24, 2.45) is 0 Å². The maximum absolute atomic E-state index is 6.31. The Bertz CT molecular complexity index is 990. The molecule has 26 heavy (non-hydrogen) atoms. The van der Waals surface area contributed by atoms with Crippen LogP contribution in [0.5, 0.6) is 17.2 Å². The second kappa shape index (κ2) is 7.81. The fraction of sp³-hybridized carbons (Fsp3) is 0.158. The summed E-state index contributed by atoms with van der Waals surface area (Å²) in [4.78, 5) is 8.83. The highest BCUT2D eigenvalue weighted by atomic mass is 35.5. The molecule has 5 nitrogen and oxygen atoms in total. The standard InChI is InChI=1S/C19H16Cl2N2O3/c1-24-15-6-4-11(8-13(15)20)5-7-18-22-14-10-17(26-3)16(25-2)9-12(14)19(21)23-18/h4-10H,1-3H3/b7-5+. The summed E-state index contributed by atoms with van der Waals surface area (Å²) in [6.07, 6.45) is 3.61. The summed E-state index contributed by atoms with van der Waals surface area (Å²) in [5.74, 6) is 2.24. The van der Waals surface area contributed by atoms with E-state index in [0.29, 0.717) is 44.2 Å². The van der Waals surface area contributed by atoms with Crippen LogP contribution in [0.15, 0.2) is 30.3 Å². The van der Waals surface area contributed by atoms with Crippen LogP contribution in [0, 0.1) is 0 Å². The highest BCUT2D eigenvalue weighted by Gasteiger charge is 2.11. The maximum atomic E-state index is 6.31. The number of halogens is 2. The molecule has 1 aromatic heterocycles. The molecule has 0 spiro atoms. The quantitative estimate of drug-likeness (QED) is 0.565. The fourth-order valence-corrected chi connectivity index (χ4v) is 2.97. The monoisotopic (exact) mass is 390 g/mol. The van der Waals surface area contributed by atoms with Crippen LogP contribution < -0.4 is 14.2 Å². The van der Waals surface area contributed by atoms with E-state index in [2.05, 4.69) is 9.97 Å². The zero-order chi connectivity index (χ0) is 18.7. The van der Waals surface area contributed by atoms with Crippen LogP contribution in [-0.4, -0.2) is 31.3 Å². The number of hydrogen-bond acceptors (Lipinski definition) is 5. The molecule has 0 atom stereocenters. The lowest BCUT2D eigenvalue weighted by Crippen LogP contribution is -1.95. The molecule has 0 aliphatic rings. The van der Waals surface area contributed by atoms with Gasteiger partial charge in [0.15, 0.2) is 17.3 Å². The van der Waals surface area contributed by atoms with E-state index in [4.69, 9.17) is 37.4 Å². The first-order valence-corrected chi connectivity index (χ1v) is 8.42. The van der Waals surface area contributed by atoms with Gasteiger partial charge in [-0.2, -0.15) is 0 Å². The van der Waals surface area contributed by atoms with E-state index in [1.807, 2.05) is 12.1 Å². The Labute approximate surface area is 161 Å². The third kappa shape index (κ3) is 3.69. The smallest absolute Gasteiger partial charge is 0.162 e. The zero-order valence-corrected chi connectivity index (χ0v) is 15.9. The van der Waals surface area contributed by atoms with E-state index in [1.165, 1.54) is 0 Å². The van der Waals surface area contributed by atoms with Crippen molar-refractivity contribution in [3.63, 3.8) is 0 Å². The molecule has 0 radical (unpaired) electrons. The van der Waals surface area contributed by atoms with Crippen LogP contribution in [-0.2, 0) is 0 Å². The minimum atomic E-state index is 0.336. The van der Waals surface area contributed by atoms with Gasteiger partial charge < -0.3 is 14.2 Å². The molecule has 0 N–H and O–H groups in total. The summed E-state index contributed by atoms with van der Waals surface area (Å²) in [5, 5.41) is 1.56. The van der Waals surface area contributed by atoms with E-state index < -0.39 is 0 Å². The lowest BCUT2D eigenvalue weighted by atomic mass is 10.2. The Kier molecular flexibility index (Phi) is 5.49. The number of hydrogen-bond donors (Lipinski definition) is 0. The van der Waals surface area contributed by atoms with Gasteiger partial charge in [0.25, 0.3) is 0 Å². The van der Waals surface area contributed by atoms with E-state index in [1.54, 1.807) is 51.7 Å². The Morgan fingerprint density at radius 1 is 0.808 bits per heavy atom. The predicted octanol–water partition coefficient (Wildman–Crippen LogP) is 5.13. The molecule has 7 heteroatoms. The molecule has 2 aromatic carbocycles. The van der Waals surface area contributed by atoms with Gasteiger partial charge in [-0.3, -0.25) is 0 Å². The molecule has 0 fully saturated rings. The largest absolute Gasteiger partial charge is 0.495 e. The topological polar surface area (TPSA) is 53.5 Å². The fourth-order valence-electron chi connectivity index (χ4n) is 2.47. The number of ether oxygens (including phenoxy) is 3. The van der Waals surface area contributed by atoms with Crippen molar-refractivity contribution in [2.75, 3.05) is 21.3 Å². The van der Waals surface area contributed by atoms with Gasteiger partial charge in [0.2, 0.25) is 0 Å². The van der Waals surface area contributed by atoms with Gasteiger partial charge in [-0.05, 0) is 29.8 Å².